The number of nitrogens with zero attached hydrogens (tertiary/aromatic N) is 3. The predicted molar refractivity (Wildman–Crippen MR) is 74.4 cm³/mol. The summed E-state index contributed by atoms with van der Waals surface area (Å²) < 4.78 is 5.07. The van der Waals surface area contributed by atoms with Crippen molar-refractivity contribution in [2.45, 2.75) is 6.92 Å². The molecule has 0 fully saturated rings. The number of hydrogen-bond acceptors (Lipinski definition) is 7. The van der Waals surface area contributed by atoms with E-state index in [9.17, 15) is 20.2 Å². The third-order valence-electron chi connectivity index (χ3n) is 2.68. The molecule has 1 aromatic heterocycles. The van der Waals surface area contributed by atoms with Gasteiger partial charge in [-0.05, 0) is 19.1 Å². The van der Waals surface area contributed by atoms with Gasteiger partial charge in [0.2, 0.25) is 0 Å². The Balaban J connectivity index is 2.23. The monoisotopic (exact) mass is 290 g/mol. The van der Waals surface area contributed by atoms with Crippen LogP contribution < -0.4 is 5.43 Å². The third-order valence-corrected chi connectivity index (χ3v) is 2.68. The van der Waals surface area contributed by atoms with Crippen molar-refractivity contribution in [1.29, 1.82) is 0 Å². The molecule has 0 atom stereocenters. The second-order valence-corrected chi connectivity index (χ2v) is 4.02. The van der Waals surface area contributed by atoms with Gasteiger partial charge in [0.15, 0.2) is 0 Å². The van der Waals surface area contributed by atoms with Gasteiger partial charge < -0.3 is 4.42 Å². The normalized spacial score (nSPS) is 10.7. The molecule has 0 aliphatic rings. The number of hydrazone groups is 1. The first kappa shape index (κ1) is 14.2. The number of aryl methyl sites for hydroxylation is 1. The molecule has 9 heteroatoms. The van der Waals surface area contributed by atoms with Crippen molar-refractivity contribution in [3.8, 4) is 0 Å². The van der Waals surface area contributed by atoms with Gasteiger partial charge in [-0.25, -0.2) is 0 Å². The molecule has 0 saturated heterocycles. The highest BCUT2D eigenvalue weighted by molar-refractivity contribution is 5.81. The summed E-state index contributed by atoms with van der Waals surface area (Å²) in [5, 5.41) is 25.4. The minimum atomic E-state index is -0.714. The van der Waals surface area contributed by atoms with Crippen LogP contribution in [0.3, 0.4) is 0 Å². The molecule has 1 heterocycles. The lowest BCUT2D eigenvalue weighted by molar-refractivity contribution is -0.393. The average molecular weight is 290 g/mol. The Hall–Kier alpha value is -3.23. The van der Waals surface area contributed by atoms with Crippen molar-refractivity contribution in [3.05, 3.63) is 62.1 Å². The van der Waals surface area contributed by atoms with Crippen LogP contribution in [0.2, 0.25) is 0 Å². The first-order valence-corrected chi connectivity index (χ1v) is 5.75. The van der Waals surface area contributed by atoms with Crippen LogP contribution in [0, 0.1) is 27.2 Å². The number of hydrogen-bond donors (Lipinski definition) is 1. The summed E-state index contributed by atoms with van der Waals surface area (Å²) >= 11 is 0. The summed E-state index contributed by atoms with van der Waals surface area (Å²) in [5.41, 5.74) is 2.48. The third kappa shape index (κ3) is 3.21. The van der Waals surface area contributed by atoms with E-state index in [2.05, 4.69) is 10.5 Å². The van der Waals surface area contributed by atoms with Gasteiger partial charge in [0.1, 0.15) is 11.4 Å². The first-order chi connectivity index (χ1) is 9.99. The second-order valence-electron chi connectivity index (χ2n) is 4.02. The van der Waals surface area contributed by atoms with E-state index >= 15 is 0 Å². The van der Waals surface area contributed by atoms with Crippen LogP contribution in [0.15, 0.2) is 40.0 Å². The summed E-state index contributed by atoms with van der Waals surface area (Å²) in [6.07, 6.45) is 2.93. The van der Waals surface area contributed by atoms with Crippen molar-refractivity contribution in [1.82, 2.24) is 0 Å². The zero-order valence-corrected chi connectivity index (χ0v) is 10.8. The summed E-state index contributed by atoms with van der Waals surface area (Å²) in [7, 11) is 0. The largest absolute Gasteiger partial charge is 0.469 e. The fraction of sp³-hybridized carbons (Fsp3) is 0.0833. The van der Waals surface area contributed by atoms with Crippen molar-refractivity contribution in [3.63, 3.8) is 0 Å². The van der Waals surface area contributed by atoms with Crippen molar-refractivity contribution in [2.75, 3.05) is 5.43 Å². The van der Waals surface area contributed by atoms with Crippen LogP contribution in [0.25, 0.3) is 0 Å². The number of furan rings is 1. The summed E-state index contributed by atoms with van der Waals surface area (Å²) in [5.74, 6) is 0.652. The molecule has 0 amide bonds. The lowest BCUT2D eigenvalue weighted by Crippen LogP contribution is -1.98. The van der Waals surface area contributed by atoms with Crippen LogP contribution >= 0.6 is 0 Å². The number of benzene rings is 1. The van der Waals surface area contributed by atoms with Crippen molar-refractivity contribution < 1.29 is 14.3 Å². The van der Waals surface area contributed by atoms with E-state index in [1.807, 2.05) is 0 Å². The van der Waals surface area contributed by atoms with Gasteiger partial charge in [-0.15, -0.1) is 0 Å². The van der Waals surface area contributed by atoms with E-state index in [0.29, 0.717) is 11.3 Å². The molecule has 21 heavy (non-hydrogen) atoms. The maximum absolute atomic E-state index is 10.9. The van der Waals surface area contributed by atoms with E-state index < -0.39 is 15.5 Å². The van der Waals surface area contributed by atoms with Gasteiger partial charge in [0.05, 0.1) is 28.4 Å². The summed E-state index contributed by atoms with van der Waals surface area (Å²) in [4.78, 5) is 20.1. The van der Waals surface area contributed by atoms with Crippen LogP contribution in [-0.4, -0.2) is 16.1 Å². The molecular formula is C12H10N4O5. The van der Waals surface area contributed by atoms with Crippen LogP contribution in [-0.2, 0) is 0 Å². The zero-order chi connectivity index (χ0) is 15.4. The van der Waals surface area contributed by atoms with E-state index in [1.165, 1.54) is 18.5 Å². The molecule has 0 unspecified atom stereocenters. The Labute approximate surface area is 118 Å². The van der Waals surface area contributed by atoms with Gasteiger partial charge in [-0.2, -0.15) is 5.10 Å². The molecule has 2 aromatic rings. The maximum Gasteiger partial charge on any atom is 0.301 e. The lowest BCUT2D eigenvalue weighted by atomic mass is 10.2. The van der Waals surface area contributed by atoms with Crippen molar-refractivity contribution >= 4 is 23.3 Å². The topological polar surface area (TPSA) is 124 Å². The fourth-order valence-electron chi connectivity index (χ4n) is 1.58. The quantitative estimate of drug-likeness (QED) is 0.513. The highest BCUT2D eigenvalue weighted by Crippen LogP contribution is 2.28. The van der Waals surface area contributed by atoms with Gasteiger partial charge >= 0.3 is 5.69 Å². The molecule has 1 N–H and O–H groups in total. The molecule has 0 aliphatic heterocycles. The Morgan fingerprint density at radius 1 is 1.24 bits per heavy atom. The molecule has 9 nitrogen and oxygen atoms in total. The fourth-order valence-corrected chi connectivity index (χ4v) is 1.58. The maximum atomic E-state index is 10.9. The molecule has 108 valence electrons. The van der Waals surface area contributed by atoms with Crippen molar-refractivity contribution in [2.24, 2.45) is 5.10 Å². The van der Waals surface area contributed by atoms with E-state index in [-0.39, 0.29) is 11.4 Å². The smallest absolute Gasteiger partial charge is 0.301 e. The molecule has 0 spiro atoms. The number of nitrogens with one attached hydrogen (secondary N) is 1. The lowest BCUT2D eigenvalue weighted by Gasteiger charge is -2.01. The molecule has 0 aliphatic carbocycles. The molecule has 0 saturated carbocycles. The van der Waals surface area contributed by atoms with Crippen LogP contribution in [0.4, 0.5) is 17.1 Å². The number of nitro groups is 2. The molecule has 0 bridgehead atoms. The van der Waals surface area contributed by atoms with E-state index in [4.69, 9.17) is 4.42 Å². The minimum Gasteiger partial charge on any atom is -0.469 e. The SMILES string of the molecule is Cc1occc1C=NNc1ccc([N+](=O)[O-])cc1[N+](=O)[O-]. The number of rotatable bonds is 5. The first-order valence-electron chi connectivity index (χ1n) is 5.75. The molecular weight excluding hydrogens is 280 g/mol. The summed E-state index contributed by atoms with van der Waals surface area (Å²) in [6, 6.07) is 4.95. The molecule has 1 aromatic carbocycles. The number of nitro benzene ring substituents is 2. The van der Waals surface area contributed by atoms with Gasteiger partial charge in [0.25, 0.3) is 5.69 Å². The molecule has 2 rings (SSSR count). The zero-order valence-electron chi connectivity index (χ0n) is 10.8. The van der Waals surface area contributed by atoms with Crippen LogP contribution in [0.1, 0.15) is 11.3 Å². The van der Waals surface area contributed by atoms with Gasteiger partial charge in [-0.3, -0.25) is 25.7 Å². The van der Waals surface area contributed by atoms with E-state index in [1.54, 1.807) is 13.0 Å². The Kier molecular flexibility index (Phi) is 3.93. The predicted octanol–water partition coefficient (Wildman–Crippen LogP) is 2.85. The van der Waals surface area contributed by atoms with Crippen LogP contribution in [0.5, 0.6) is 0 Å². The van der Waals surface area contributed by atoms with E-state index in [0.717, 1.165) is 12.1 Å². The number of non-ortho nitro benzene ring substituents is 1. The number of anilines is 1. The standard InChI is InChI=1S/C12H10N4O5/c1-8-9(4-5-21-8)7-13-14-11-3-2-10(15(17)18)6-12(11)16(19)20/h2-7,14H,1H3. The van der Waals surface area contributed by atoms with Gasteiger partial charge in [-0.1, -0.05) is 0 Å². The molecule has 0 radical (unpaired) electrons. The second kappa shape index (κ2) is 5.82. The highest BCUT2D eigenvalue weighted by Gasteiger charge is 2.19. The Morgan fingerprint density at radius 3 is 2.57 bits per heavy atom. The highest BCUT2D eigenvalue weighted by atomic mass is 16.6. The summed E-state index contributed by atoms with van der Waals surface area (Å²) in [6.45, 7) is 1.75. The average Bonchev–Trinajstić information content (AvgIpc) is 2.84. The minimum absolute atomic E-state index is 0.0583. The van der Waals surface area contributed by atoms with Gasteiger partial charge in [0, 0.05) is 11.6 Å². The Morgan fingerprint density at radius 2 is 2.00 bits per heavy atom. The Bertz CT molecular complexity index is 722.